The van der Waals surface area contributed by atoms with E-state index in [1.807, 2.05) is 59.0 Å². The molecular formula is C25H29N5O2. The van der Waals surface area contributed by atoms with Crippen LogP contribution < -0.4 is 5.32 Å². The maximum atomic E-state index is 12.9. The summed E-state index contributed by atoms with van der Waals surface area (Å²) in [5.74, 6) is 0.0444. The topological polar surface area (TPSA) is 80.1 Å². The summed E-state index contributed by atoms with van der Waals surface area (Å²) in [5.41, 5.74) is 3.47. The van der Waals surface area contributed by atoms with Gasteiger partial charge in [0.2, 0.25) is 5.91 Å². The lowest BCUT2D eigenvalue weighted by Gasteiger charge is -2.33. The van der Waals surface area contributed by atoms with Crippen molar-refractivity contribution < 1.29 is 9.59 Å². The van der Waals surface area contributed by atoms with Crippen LogP contribution in [0.2, 0.25) is 0 Å². The van der Waals surface area contributed by atoms with Gasteiger partial charge < -0.3 is 10.2 Å². The van der Waals surface area contributed by atoms with Gasteiger partial charge in [0.1, 0.15) is 0 Å². The molecule has 4 rings (SSSR count). The monoisotopic (exact) mass is 431 g/mol. The molecule has 1 unspecified atom stereocenters. The molecule has 7 heteroatoms. The van der Waals surface area contributed by atoms with Crippen LogP contribution in [0, 0.1) is 6.92 Å². The van der Waals surface area contributed by atoms with Gasteiger partial charge in [-0.3, -0.25) is 19.3 Å². The Morgan fingerprint density at radius 1 is 1.09 bits per heavy atom. The predicted octanol–water partition coefficient (Wildman–Crippen LogP) is 3.31. The van der Waals surface area contributed by atoms with E-state index in [-0.39, 0.29) is 17.7 Å². The first kappa shape index (κ1) is 21.7. The van der Waals surface area contributed by atoms with Crippen molar-refractivity contribution in [1.29, 1.82) is 0 Å². The molecule has 1 aliphatic rings. The number of rotatable bonds is 7. The predicted molar refractivity (Wildman–Crippen MR) is 122 cm³/mol. The van der Waals surface area contributed by atoms with Crippen molar-refractivity contribution in [2.45, 2.75) is 45.2 Å². The largest absolute Gasteiger partial charge is 0.348 e. The highest BCUT2D eigenvalue weighted by molar-refractivity contribution is 5.95. The SMILES string of the molecule is Cc1ccnn1CCC(=O)N1CCCC(c2ncccc2C(=O)NCc2ccccc2)C1. The van der Waals surface area contributed by atoms with Gasteiger partial charge >= 0.3 is 0 Å². The normalized spacial score (nSPS) is 16.0. The molecule has 3 aromatic rings. The maximum Gasteiger partial charge on any atom is 0.253 e. The van der Waals surface area contributed by atoms with Gasteiger partial charge in [0.15, 0.2) is 0 Å². The van der Waals surface area contributed by atoms with Gasteiger partial charge in [0, 0.05) is 56.6 Å². The Hall–Kier alpha value is -3.48. The van der Waals surface area contributed by atoms with Gasteiger partial charge in [0.05, 0.1) is 11.3 Å². The minimum absolute atomic E-state index is 0.0535. The zero-order chi connectivity index (χ0) is 22.3. The number of pyridine rings is 1. The third kappa shape index (κ3) is 5.22. The van der Waals surface area contributed by atoms with E-state index in [2.05, 4.69) is 15.4 Å². The average Bonchev–Trinajstić information content (AvgIpc) is 3.26. The number of aryl methyl sites for hydroxylation is 2. The van der Waals surface area contributed by atoms with Crippen LogP contribution in [0.25, 0.3) is 0 Å². The summed E-state index contributed by atoms with van der Waals surface area (Å²) in [6.07, 6.45) is 5.71. The van der Waals surface area contributed by atoms with Crippen molar-refractivity contribution in [3.8, 4) is 0 Å². The molecule has 2 aromatic heterocycles. The second-order valence-corrected chi connectivity index (χ2v) is 8.23. The number of amides is 2. The molecular weight excluding hydrogens is 402 g/mol. The quantitative estimate of drug-likeness (QED) is 0.622. The summed E-state index contributed by atoms with van der Waals surface area (Å²) in [7, 11) is 0. The molecule has 1 aromatic carbocycles. The molecule has 0 radical (unpaired) electrons. The molecule has 166 valence electrons. The van der Waals surface area contributed by atoms with Gasteiger partial charge in [-0.15, -0.1) is 0 Å². The van der Waals surface area contributed by atoms with E-state index < -0.39 is 0 Å². The van der Waals surface area contributed by atoms with Gasteiger partial charge in [-0.1, -0.05) is 30.3 Å². The number of benzene rings is 1. The molecule has 32 heavy (non-hydrogen) atoms. The number of likely N-dealkylation sites (tertiary alicyclic amines) is 1. The standard InChI is InChI=1S/C25H29N5O2/c1-19-11-14-28-30(19)16-12-23(31)29-15-6-9-21(18-29)24-22(10-5-13-26-24)25(32)27-17-20-7-3-2-4-8-20/h2-5,7-8,10-11,13-14,21H,6,9,12,15-18H2,1H3,(H,27,32). The van der Waals surface area contributed by atoms with E-state index in [1.54, 1.807) is 18.5 Å². The number of carbonyl (C=O) groups excluding carboxylic acids is 2. The molecule has 0 saturated carbocycles. The summed E-state index contributed by atoms with van der Waals surface area (Å²) in [6, 6.07) is 15.4. The van der Waals surface area contributed by atoms with E-state index in [9.17, 15) is 9.59 Å². The number of hydrogen-bond acceptors (Lipinski definition) is 4. The Labute approximate surface area is 188 Å². The summed E-state index contributed by atoms with van der Waals surface area (Å²) >= 11 is 0. The highest BCUT2D eigenvalue weighted by Gasteiger charge is 2.28. The Balaban J connectivity index is 1.40. The van der Waals surface area contributed by atoms with Crippen molar-refractivity contribution in [1.82, 2.24) is 25.0 Å². The number of carbonyl (C=O) groups is 2. The molecule has 0 spiro atoms. The number of hydrogen-bond donors (Lipinski definition) is 1. The number of nitrogens with zero attached hydrogens (tertiary/aromatic N) is 4. The third-order valence-corrected chi connectivity index (χ3v) is 6.01. The van der Waals surface area contributed by atoms with Crippen LogP contribution in [-0.4, -0.2) is 44.6 Å². The molecule has 0 bridgehead atoms. The molecule has 1 fully saturated rings. The Morgan fingerprint density at radius 3 is 2.72 bits per heavy atom. The van der Waals surface area contributed by atoms with Crippen molar-refractivity contribution in [2.24, 2.45) is 0 Å². The van der Waals surface area contributed by atoms with E-state index in [0.29, 0.717) is 31.6 Å². The van der Waals surface area contributed by atoms with Crippen LogP contribution in [0.4, 0.5) is 0 Å². The van der Waals surface area contributed by atoms with Crippen LogP contribution in [0.15, 0.2) is 60.9 Å². The average molecular weight is 432 g/mol. The Kier molecular flexibility index (Phi) is 6.94. The molecule has 1 atom stereocenters. The van der Waals surface area contributed by atoms with Gasteiger partial charge in [-0.25, -0.2) is 0 Å². The Bertz CT molecular complexity index is 1060. The van der Waals surface area contributed by atoms with Crippen LogP contribution in [0.1, 0.15) is 52.5 Å². The van der Waals surface area contributed by atoms with Crippen molar-refractivity contribution in [3.63, 3.8) is 0 Å². The summed E-state index contributed by atoms with van der Waals surface area (Å²) in [6.45, 7) is 4.37. The highest BCUT2D eigenvalue weighted by atomic mass is 16.2. The molecule has 1 aliphatic heterocycles. The van der Waals surface area contributed by atoms with Crippen molar-refractivity contribution >= 4 is 11.8 Å². The second kappa shape index (κ2) is 10.2. The molecule has 3 heterocycles. The molecule has 1 saturated heterocycles. The van der Waals surface area contributed by atoms with Crippen LogP contribution in [0.5, 0.6) is 0 Å². The fraction of sp³-hybridized carbons (Fsp3) is 0.360. The van der Waals surface area contributed by atoms with Gasteiger partial charge in [0.25, 0.3) is 5.91 Å². The van der Waals surface area contributed by atoms with E-state index in [0.717, 1.165) is 36.3 Å². The van der Waals surface area contributed by atoms with Crippen LogP contribution in [0.3, 0.4) is 0 Å². The summed E-state index contributed by atoms with van der Waals surface area (Å²) in [5, 5.41) is 7.26. The van der Waals surface area contributed by atoms with Crippen LogP contribution in [-0.2, 0) is 17.9 Å². The lowest BCUT2D eigenvalue weighted by Crippen LogP contribution is -2.40. The zero-order valence-electron chi connectivity index (χ0n) is 18.4. The van der Waals surface area contributed by atoms with Crippen LogP contribution >= 0.6 is 0 Å². The number of piperidine rings is 1. The molecule has 1 N–H and O–H groups in total. The Morgan fingerprint density at radius 2 is 1.94 bits per heavy atom. The van der Waals surface area contributed by atoms with Crippen molar-refractivity contribution in [2.75, 3.05) is 13.1 Å². The van der Waals surface area contributed by atoms with Gasteiger partial charge in [-0.2, -0.15) is 5.10 Å². The second-order valence-electron chi connectivity index (χ2n) is 8.23. The fourth-order valence-electron chi connectivity index (χ4n) is 4.23. The highest BCUT2D eigenvalue weighted by Crippen LogP contribution is 2.28. The first-order valence-electron chi connectivity index (χ1n) is 11.1. The molecule has 7 nitrogen and oxygen atoms in total. The lowest BCUT2D eigenvalue weighted by atomic mass is 9.91. The maximum absolute atomic E-state index is 12.9. The first-order chi connectivity index (χ1) is 15.6. The zero-order valence-corrected chi connectivity index (χ0v) is 18.4. The fourth-order valence-corrected chi connectivity index (χ4v) is 4.23. The van der Waals surface area contributed by atoms with Crippen molar-refractivity contribution in [3.05, 3.63) is 83.4 Å². The first-order valence-corrected chi connectivity index (χ1v) is 11.1. The third-order valence-electron chi connectivity index (χ3n) is 6.01. The minimum Gasteiger partial charge on any atom is -0.348 e. The number of aromatic nitrogens is 3. The number of nitrogens with one attached hydrogen (secondary N) is 1. The summed E-state index contributed by atoms with van der Waals surface area (Å²) in [4.78, 5) is 32.2. The van der Waals surface area contributed by atoms with E-state index in [1.165, 1.54) is 0 Å². The minimum atomic E-state index is -0.130. The lowest BCUT2D eigenvalue weighted by molar-refractivity contribution is -0.132. The molecule has 2 amide bonds. The van der Waals surface area contributed by atoms with E-state index >= 15 is 0 Å². The smallest absolute Gasteiger partial charge is 0.253 e. The summed E-state index contributed by atoms with van der Waals surface area (Å²) < 4.78 is 1.85. The molecule has 0 aliphatic carbocycles. The van der Waals surface area contributed by atoms with Gasteiger partial charge in [-0.05, 0) is 43.5 Å². The van der Waals surface area contributed by atoms with E-state index in [4.69, 9.17) is 0 Å².